The van der Waals surface area contributed by atoms with E-state index >= 15 is 0 Å². The molecular formula is C13H17N3O. The van der Waals surface area contributed by atoms with Gasteiger partial charge in [0, 0.05) is 25.7 Å². The van der Waals surface area contributed by atoms with Crippen LogP contribution in [-0.2, 0) is 11.3 Å². The molecule has 0 aliphatic carbocycles. The molecule has 90 valence electrons. The molecule has 3 rings (SSSR count). The summed E-state index contributed by atoms with van der Waals surface area (Å²) < 4.78 is 0. The highest BCUT2D eigenvalue weighted by Gasteiger charge is 2.36. The number of benzene rings is 1. The molecule has 0 bridgehead atoms. The van der Waals surface area contributed by atoms with Crippen molar-refractivity contribution in [2.45, 2.75) is 18.6 Å². The summed E-state index contributed by atoms with van der Waals surface area (Å²) in [6, 6.07) is 11.2. The van der Waals surface area contributed by atoms with E-state index in [1.165, 1.54) is 5.56 Å². The first-order chi connectivity index (χ1) is 8.31. The lowest BCUT2D eigenvalue weighted by molar-refractivity contribution is -0.122. The summed E-state index contributed by atoms with van der Waals surface area (Å²) in [5.41, 5.74) is 1.33. The highest BCUT2D eigenvalue weighted by Crippen LogP contribution is 2.15. The topological polar surface area (TPSA) is 44.4 Å². The van der Waals surface area contributed by atoms with E-state index < -0.39 is 0 Å². The molecule has 2 aliphatic rings. The van der Waals surface area contributed by atoms with Crippen LogP contribution in [0.2, 0.25) is 0 Å². The van der Waals surface area contributed by atoms with E-state index in [9.17, 15) is 4.79 Å². The van der Waals surface area contributed by atoms with Crippen LogP contribution in [0.15, 0.2) is 30.3 Å². The molecule has 17 heavy (non-hydrogen) atoms. The van der Waals surface area contributed by atoms with Crippen molar-refractivity contribution in [3.05, 3.63) is 35.9 Å². The first-order valence-corrected chi connectivity index (χ1v) is 6.10. The Morgan fingerprint density at radius 3 is 2.76 bits per heavy atom. The Morgan fingerprint density at radius 1 is 1.18 bits per heavy atom. The van der Waals surface area contributed by atoms with Gasteiger partial charge < -0.3 is 10.6 Å². The largest absolute Gasteiger partial charge is 0.349 e. The van der Waals surface area contributed by atoms with Gasteiger partial charge in [0.15, 0.2) is 0 Å². The van der Waals surface area contributed by atoms with E-state index in [1.807, 2.05) is 6.07 Å². The van der Waals surface area contributed by atoms with E-state index in [0.717, 1.165) is 19.6 Å². The number of likely N-dealkylation sites (tertiary alicyclic amines) is 1. The van der Waals surface area contributed by atoms with Gasteiger partial charge in [-0.3, -0.25) is 9.69 Å². The van der Waals surface area contributed by atoms with Gasteiger partial charge in [0.1, 0.15) is 0 Å². The number of carbonyl (C=O) groups is 1. The van der Waals surface area contributed by atoms with Gasteiger partial charge in [-0.05, 0) is 5.56 Å². The van der Waals surface area contributed by atoms with Crippen molar-refractivity contribution in [3.8, 4) is 0 Å². The van der Waals surface area contributed by atoms with E-state index in [1.54, 1.807) is 0 Å². The van der Waals surface area contributed by atoms with Crippen LogP contribution < -0.4 is 10.6 Å². The second-order valence-electron chi connectivity index (χ2n) is 4.84. The second kappa shape index (κ2) is 4.47. The van der Waals surface area contributed by atoms with Crippen molar-refractivity contribution in [3.63, 3.8) is 0 Å². The summed E-state index contributed by atoms with van der Waals surface area (Å²) in [5, 5.41) is 6.34. The number of hydrogen-bond acceptors (Lipinski definition) is 3. The normalized spacial score (nSPS) is 28.8. The molecular weight excluding hydrogens is 214 g/mol. The van der Waals surface area contributed by atoms with Gasteiger partial charge in [0.05, 0.1) is 12.6 Å². The molecule has 0 spiro atoms. The highest BCUT2D eigenvalue weighted by molar-refractivity contribution is 5.79. The van der Waals surface area contributed by atoms with Gasteiger partial charge in [0.2, 0.25) is 5.91 Å². The summed E-state index contributed by atoms with van der Waals surface area (Å²) in [4.78, 5) is 13.7. The Hall–Kier alpha value is -1.39. The zero-order chi connectivity index (χ0) is 11.7. The van der Waals surface area contributed by atoms with Crippen LogP contribution in [0.25, 0.3) is 0 Å². The van der Waals surface area contributed by atoms with Crippen LogP contribution in [0, 0.1) is 0 Å². The maximum absolute atomic E-state index is 11.3. The molecule has 2 atom stereocenters. The van der Waals surface area contributed by atoms with Gasteiger partial charge in [-0.25, -0.2) is 0 Å². The van der Waals surface area contributed by atoms with Crippen LogP contribution in [-0.4, -0.2) is 42.5 Å². The number of carbonyl (C=O) groups excluding carboxylic acids is 1. The molecule has 2 aliphatic heterocycles. The smallest absolute Gasteiger partial charge is 0.234 e. The third-order valence-corrected chi connectivity index (χ3v) is 3.52. The van der Waals surface area contributed by atoms with E-state index in [0.29, 0.717) is 12.6 Å². The van der Waals surface area contributed by atoms with Gasteiger partial charge in [-0.15, -0.1) is 0 Å². The van der Waals surface area contributed by atoms with Crippen molar-refractivity contribution < 1.29 is 4.79 Å². The van der Waals surface area contributed by atoms with Crippen molar-refractivity contribution in [2.24, 2.45) is 0 Å². The molecule has 0 aromatic heterocycles. The van der Waals surface area contributed by atoms with Crippen LogP contribution >= 0.6 is 0 Å². The zero-order valence-electron chi connectivity index (χ0n) is 9.73. The van der Waals surface area contributed by atoms with Crippen molar-refractivity contribution >= 4 is 5.91 Å². The third kappa shape index (κ3) is 2.33. The monoisotopic (exact) mass is 231 g/mol. The molecule has 1 aromatic rings. The van der Waals surface area contributed by atoms with Crippen molar-refractivity contribution in [1.82, 2.24) is 15.5 Å². The fraction of sp³-hybridized carbons (Fsp3) is 0.462. The van der Waals surface area contributed by atoms with Crippen LogP contribution in [0.3, 0.4) is 0 Å². The van der Waals surface area contributed by atoms with E-state index in [2.05, 4.69) is 39.8 Å². The Balaban J connectivity index is 1.62. The van der Waals surface area contributed by atoms with E-state index in [4.69, 9.17) is 0 Å². The molecule has 2 fully saturated rings. The first kappa shape index (κ1) is 10.7. The number of nitrogens with one attached hydrogen (secondary N) is 2. The Kier molecular flexibility index (Phi) is 2.82. The number of amides is 1. The summed E-state index contributed by atoms with van der Waals surface area (Å²) in [6.07, 6.45) is 0. The standard InChI is InChI=1S/C13H17N3O/c17-13-6-14-11-8-16(9-12(11)15-13)7-10-4-2-1-3-5-10/h1-5,11-12,14H,6-9H2,(H,15,17)/t11-,12-/m0/s1. The molecule has 4 nitrogen and oxygen atoms in total. The first-order valence-electron chi connectivity index (χ1n) is 6.10. The lowest BCUT2D eigenvalue weighted by Crippen LogP contribution is -2.58. The van der Waals surface area contributed by atoms with Gasteiger partial charge in [-0.1, -0.05) is 30.3 Å². The lowest BCUT2D eigenvalue weighted by atomic mass is 10.1. The number of piperazine rings is 1. The maximum atomic E-state index is 11.3. The number of hydrogen-bond donors (Lipinski definition) is 2. The van der Waals surface area contributed by atoms with Crippen LogP contribution in [0.4, 0.5) is 0 Å². The third-order valence-electron chi connectivity index (χ3n) is 3.52. The molecule has 2 heterocycles. The molecule has 1 aromatic carbocycles. The number of nitrogens with zero attached hydrogens (tertiary/aromatic N) is 1. The Morgan fingerprint density at radius 2 is 1.94 bits per heavy atom. The van der Waals surface area contributed by atoms with Gasteiger partial charge >= 0.3 is 0 Å². The molecule has 2 saturated heterocycles. The summed E-state index contributed by atoms with van der Waals surface area (Å²) in [7, 11) is 0. The minimum absolute atomic E-state index is 0.118. The zero-order valence-corrected chi connectivity index (χ0v) is 9.73. The fourth-order valence-electron chi connectivity index (χ4n) is 2.69. The van der Waals surface area contributed by atoms with E-state index in [-0.39, 0.29) is 11.9 Å². The predicted molar refractivity (Wildman–Crippen MR) is 65.4 cm³/mol. The molecule has 0 unspecified atom stereocenters. The minimum atomic E-state index is 0.118. The Bertz CT molecular complexity index is 406. The molecule has 1 amide bonds. The van der Waals surface area contributed by atoms with Crippen molar-refractivity contribution in [1.29, 1.82) is 0 Å². The second-order valence-corrected chi connectivity index (χ2v) is 4.84. The van der Waals surface area contributed by atoms with Gasteiger partial charge in [-0.2, -0.15) is 0 Å². The molecule has 2 N–H and O–H groups in total. The summed E-state index contributed by atoms with van der Waals surface area (Å²) >= 11 is 0. The lowest BCUT2D eigenvalue weighted by Gasteiger charge is -2.26. The summed E-state index contributed by atoms with van der Waals surface area (Å²) in [5.74, 6) is 0.118. The molecule has 0 radical (unpaired) electrons. The SMILES string of the molecule is O=C1CN[C@H]2CN(Cc3ccccc3)C[C@@H]2N1. The quantitative estimate of drug-likeness (QED) is 0.750. The number of rotatable bonds is 2. The fourth-order valence-corrected chi connectivity index (χ4v) is 2.69. The van der Waals surface area contributed by atoms with Crippen molar-refractivity contribution in [2.75, 3.05) is 19.6 Å². The highest BCUT2D eigenvalue weighted by atomic mass is 16.2. The predicted octanol–water partition coefficient (Wildman–Crippen LogP) is -0.0412. The minimum Gasteiger partial charge on any atom is -0.349 e. The summed E-state index contributed by atoms with van der Waals surface area (Å²) in [6.45, 7) is 3.38. The Labute approximate surface area is 101 Å². The van der Waals surface area contributed by atoms with Gasteiger partial charge in [0.25, 0.3) is 0 Å². The van der Waals surface area contributed by atoms with Crippen LogP contribution in [0.5, 0.6) is 0 Å². The average molecular weight is 231 g/mol. The average Bonchev–Trinajstić information content (AvgIpc) is 2.71. The molecule has 4 heteroatoms. The van der Waals surface area contributed by atoms with Crippen LogP contribution in [0.1, 0.15) is 5.56 Å². The maximum Gasteiger partial charge on any atom is 0.234 e. The molecule has 0 saturated carbocycles. The number of fused-ring (bicyclic) bond motifs is 1.